The van der Waals surface area contributed by atoms with Crippen LogP contribution in [0.15, 0.2) is 0 Å². The Hall–Kier alpha value is -0.223. The highest BCUT2D eigenvalue weighted by molar-refractivity contribution is 6.46. The van der Waals surface area contributed by atoms with E-state index in [4.69, 9.17) is 46.7 Å². The molecule has 11 nitrogen and oxygen atoms in total. The van der Waals surface area contributed by atoms with E-state index >= 15 is 0 Å². The molecule has 1 fully saturated rings. The summed E-state index contributed by atoms with van der Waals surface area (Å²) in [5.41, 5.74) is 0.0799. The van der Waals surface area contributed by atoms with Crippen LogP contribution in [0, 0.1) is 5.92 Å². The maximum atomic E-state index is 10.6. The summed E-state index contributed by atoms with van der Waals surface area (Å²) in [5, 5.41) is 10.6. The Labute approximate surface area is 218 Å². The molecule has 12 heteroatoms. The van der Waals surface area contributed by atoms with E-state index in [1.807, 2.05) is 6.92 Å². The maximum Gasteiger partial charge on any atom is 0.327 e. The maximum absolute atomic E-state index is 10.6. The molecule has 0 aliphatic heterocycles. The molecule has 0 heterocycles. The smallest absolute Gasteiger partial charge is 0.327 e. The Kier molecular flexibility index (Phi) is 21.3. The number of aliphatic hydroxyl groups is 1. The fraction of sp³-hybridized carbons (Fsp3) is 1.00. The van der Waals surface area contributed by atoms with Crippen molar-refractivity contribution in [3.63, 3.8) is 0 Å². The summed E-state index contributed by atoms with van der Waals surface area (Å²) in [6.45, 7) is 7.21. The molecular formula is C24H50O11Si. The average molecular weight is 543 g/mol. The van der Waals surface area contributed by atoms with Gasteiger partial charge < -0.3 is 51.9 Å². The van der Waals surface area contributed by atoms with Crippen LogP contribution < -0.4 is 0 Å². The summed E-state index contributed by atoms with van der Waals surface area (Å²) in [6.07, 6.45) is 0.861. The summed E-state index contributed by atoms with van der Waals surface area (Å²) >= 11 is 0. The Morgan fingerprint density at radius 2 is 1.28 bits per heavy atom. The van der Waals surface area contributed by atoms with E-state index in [1.165, 1.54) is 0 Å². The lowest BCUT2D eigenvalue weighted by atomic mass is 9.83. The highest BCUT2D eigenvalue weighted by atomic mass is 28.3. The first kappa shape index (κ1) is 33.8. The van der Waals surface area contributed by atoms with Gasteiger partial charge in [0.05, 0.1) is 84.9 Å². The largest absolute Gasteiger partial charge is 0.394 e. The highest BCUT2D eigenvalue weighted by Gasteiger charge is 2.40. The Morgan fingerprint density at radius 3 is 1.83 bits per heavy atom. The van der Waals surface area contributed by atoms with Gasteiger partial charge >= 0.3 is 9.28 Å². The van der Waals surface area contributed by atoms with Crippen LogP contribution in [0.25, 0.3) is 0 Å². The van der Waals surface area contributed by atoms with E-state index < -0.39 is 21.7 Å². The Bertz CT molecular complexity index is 475. The molecule has 0 aromatic heterocycles. The second-order valence-corrected chi connectivity index (χ2v) is 10.9. The van der Waals surface area contributed by atoms with Crippen molar-refractivity contribution in [1.29, 1.82) is 0 Å². The van der Waals surface area contributed by atoms with E-state index in [0.717, 1.165) is 6.42 Å². The molecule has 1 aliphatic rings. The second kappa shape index (κ2) is 22.7. The lowest BCUT2D eigenvalue weighted by molar-refractivity contribution is -0.198. The lowest BCUT2D eigenvalue weighted by Crippen LogP contribution is -2.44. The number of aliphatic hydroxyl groups excluding tert-OH is 1. The first-order valence-corrected chi connectivity index (χ1v) is 14.5. The zero-order chi connectivity index (χ0) is 26.4. The zero-order valence-electron chi connectivity index (χ0n) is 22.9. The van der Waals surface area contributed by atoms with Crippen LogP contribution in [0.1, 0.15) is 26.2 Å². The summed E-state index contributed by atoms with van der Waals surface area (Å²) in [5.74, 6) is 0.227. The lowest BCUT2D eigenvalue weighted by Gasteiger charge is -2.39. The van der Waals surface area contributed by atoms with E-state index in [9.17, 15) is 5.11 Å². The monoisotopic (exact) mass is 542 g/mol. The molecule has 0 bridgehead atoms. The van der Waals surface area contributed by atoms with E-state index in [1.54, 1.807) is 28.4 Å². The number of methoxy groups -OCH3 is 4. The predicted molar refractivity (Wildman–Crippen MR) is 136 cm³/mol. The Morgan fingerprint density at radius 1 is 0.722 bits per heavy atom. The molecule has 0 aromatic rings. The molecule has 0 spiro atoms. The molecule has 1 saturated carbocycles. The fourth-order valence-corrected chi connectivity index (χ4v) is 6.51. The molecule has 0 saturated heterocycles. The quantitative estimate of drug-likeness (QED) is 0.108. The van der Waals surface area contributed by atoms with Crippen LogP contribution in [0.4, 0.5) is 0 Å². The predicted octanol–water partition coefficient (Wildman–Crippen LogP) is 1.14. The summed E-state index contributed by atoms with van der Waals surface area (Å²) in [7, 11) is 4.41. The van der Waals surface area contributed by atoms with Gasteiger partial charge in [-0.15, -0.1) is 0 Å². The number of ether oxygens (including phenoxy) is 8. The van der Waals surface area contributed by atoms with Gasteiger partial charge in [-0.1, -0.05) is 0 Å². The molecule has 5 atom stereocenters. The third kappa shape index (κ3) is 15.3. The van der Waals surface area contributed by atoms with Crippen molar-refractivity contribution in [2.24, 2.45) is 5.92 Å². The van der Waals surface area contributed by atoms with Gasteiger partial charge in [-0.2, -0.15) is 0 Å². The fourth-order valence-electron chi connectivity index (χ4n) is 4.12. The minimum Gasteiger partial charge on any atom is -0.394 e. The molecule has 1 N–H and O–H groups in total. The first-order chi connectivity index (χ1) is 17.6. The van der Waals surface area contributed by atoms with Crippen LogP contribution in [0.3, 0.4) is 0 Å². The third-order valence-corrected chi connectivity index (χ3v) is 8.57. The van der Waals surface area contributed by atoms with Crippen molar-refractivity contribution in [1.82, 2.24) is 0 Å². The van der Waals surface area contributed by atoms with Gasteiger partial charge in [-0.25, -0.2) is 0 Å². The van der Waals surface area contributed by atoms with Crippen molar-refractivity contribution in [3.05, 3.63) is 0 Å². The topological polar surface area (TPSA) is 113 Å². The number of hydrogen-bond acceptors (Lipinski definition) is 11. The minimum absolute atomic E-state index is 0.0799. The average Bonchev–Trinajstić information content (AvgIpc) is 2.87. The summed E-state index contributed by atoms with van der Waals surface area (Å²) < 4.78 is 56.1. The third-order valence-electron chi connectivity index (χ3n) is 6.00. The van der Waals surface area contributed by atoms with Crippen molar-refractivity contribution in [3.8, 4) is 0 Å². The molecule has 5 unspecified atom stereocenters. The summed E-state index contributed by atoms with van der Waals surface area (Å²) in [4.78, 5) is 0. The number of rotatable bonds is 24. The second-order valence-electron chi connectivity index (χ2n) is 8.69. The normalized spacial score (nSPS) is 22.2. The molecule has 1 aliphatic carbocycles. The van der Waals surface area contributed by atoms with Gasteiger partial charge in [0.2, 0.25) is 0 Å². The van der Waals surface area contributed by atoms with Crippen LogP contribution >= 0.6 is 0 Å². The molecule has 0 aromatic carbocycles. The van der Waals surface area contributed by atoms with E-state index in [0.29, 0.717) is 85.5 Å². The van der Waals surface area contributed by atoms with Gasteiger partial charge in [0.1, 0.15) is 0 Å². The van der Waals surface area contributed by atoms with Crippen LogP contribution in [0.2, 0.25) is 5.54 Å². The standard InChI is InChI=1S/C24H50O11Si/c1-20(32-15-10-28-4)35-23-18-21(6-7-22(23)25)24(19-29-5)36(33-16-13-30-11-8-26-2)34-17-14-31-12-9-27-3/h20-25,36H,6-19H2,1-5H3. The molecule has 216 valence electrons. The van der Waals surface area contributed by atoms with Crippen molar-refractivity contribution >= 4 is 9.28 Å². The van der Waals surface area contributed by atoms with Gasteiger partial charge in [0, 0.05) is 34.0 Å². The van der Waals surface area contributed by atoms with Crippen LogP contribution in [-0.4, -0.2) is 134 Å². The summed E-state index contributed by atoms with van der Waals surface area (Å²) in [6, 6.07) is 0. The van der Waals surface area contributed by atoms with E-state index in [2.05, 4.69) is 0 Å². The van der Waals surface area contributed by atoms with Gasteiger partial charge in [-0.05, 0) is 32.1 Å². The minimum atomic E-state index is -2.20. The molecular weight excluding hydrogens is 492 g/mol. The van der Waals surface area contributed by atoms with Gasteiger partial charge in [0.25, 0.3) is 0 Å². The van der Waals surface area contributed by atoms with Crippen molar-refractivity contribution < 1.29 is 51.9 Å². The van der Waals surface area contributed by atoms with Crippen molar-refractivity contribution in [2.75, 3.05) is 101 Å². The van der Waals surface area contributed by atoms with Crippen molar-refractivity contribution in [2.45, 2.75) is 50.2 Å². The first-order valence-electron chi connectivity index (χ1n) is 12.9. The van der Waals surface area contributed by atoms with Gasteiger partial charge in [-0.3, -0.25) is 0 Å². The molecule has 0 radical (unpaired) electrons. The molecule has 0 amide bonds. The SMILES string of the molecule is COCCOCCO[SiH](OCCOCCOC)C(COC)C1CCC(O)C(OC(C)OCCOC)C1. The van der Waals surface area contributed by atoms with Crippen LogP contribution in [-0.2, 0) is 46.7 Å². The van der Waals surface area contributed by atoms with Gasteiger partial charge in [0.15, 0.2) is 6.29 Å². The number of hydrogen-bond donors (Lipinski definition) is 1. The molecule has 36 heavy (non-hydrogen) atoms. The Balaban J connectivity index is 2.73. The highest BCUT2D eigenvalue weighted by Crippen LogP contribution is 2.38. The molecule has 1 rings (SSSR count). The zero-order valence-corrected chi connectivity index (χ0v) is 24.0. The van der Waals surface area contributed by atoms with E-state index in [-0.39, 0.29) is 17.6 Å². The van der Waals surface area contributed by atoms with Crippen LogP contribution in [0.5, 0.6) is 0 Å².